The second-order valence-corrected chi connectivity index (χ2v) is 9.31. The summed E-state index contributed by atoms with van der Waals surface area (Å²) in [6, 6.07) is 14.9. The quantitative estimate of drug-likeness (QED) is 0.563. The summed E-state index contributed by atoms with van der Waals surface area (Å²) in [5.74, 6) is -2.94. The van der Waals surface area contributed by atoms with Gasteiger partial charge in [0, 0.05) is 12.5 Å². The Morgan fingerprint density at radius 1 is 1.06 bits per heavy atom. The SMILES string of the molecule is O=C1CC(C(=O)O)N(C(=O)C(CNC(=O)OCC2c3ccccc3-c3ccccc32)C2CCC2)N1. The number of carboxylic acids is 1. The number of fused-ring (bicyclic) bond motifs is 3. The summed E-state index contributed by atoms with van der Waals surface area (Å²) in [7, 11) is 0. The third-order valence-corrected chi connectivity index (χ3v) is 7.30. The van der Waals surface area contributed by atoms with E-state index in [0.717, 1.165) is 46.5 Å². The number of carbonyl (C=O) groups is 4. The number of nitrogens with zero attached hydrogens (tertiary/aromatic N) is 1. The zero-order valence-corrected chi connectivity index (χ0v) is 19.1. The Bertz CT molecular complexity index is 1130. The van der Waals surface area contributed by atoms with Crippen molar-refractivity contribution in [2.45, 2.75) is 37.6 Å². The smallest absolute Gasteiger partial charge is 0.407 e. The largest absolute Gasteiger partial charge is 0.480 e. The highest BCUT2D eigenvalue weighted by Crippen LogP contribution is 2.44. The molecule has 1 aliphatic heterocycles. The minimum atomic E-state index is -1.24. The molecule has 2 fully saturated rings. The molecular formula is C26H27N3O6. The summed E-state index contributed by atoms with van der Waals surface area (Å²) in [6.07, 6.45) is 1.67. The van der Waals surface area contributed by atoms with Gasteiger partial charge in [-0.15, -0.1) is 0 Å². The molecular weight excluding hydrogens is 450 g/mol. The Morgan fingerprint density at radius 2 is 1.69 bits per heavy atom. The fraction of sp³-hybridized carbons (Fsp3) is 0.385. The van der Waals surface area contributed by atoms with E-state index in [1.807, 2.05) is 36.4 Å². The molecule has 2 aromatic carbocycles. The Balaban J connectivity index is 1.22. The number of hydrogen-bond acceptors (Lipinski definition) is 5. The number of carbonyl (C=O) groups excluding carboxylic acids is 3. The number of aliphatic carboxylic acids is 1. The average Bonchev–Trinajstić information content (AvgIpc) is 3.37. The van der Waals surface area contributed by atoms with Crippen LogP contribution >= 0.6 is 0 Å². The van der Waals surface area contributed by atoms with Gasteiger partial charge in [-0.3, -0.25) is 15.0 Å². The van der Waals surface area contributed by atoms with E-state index in [1.165, 1.54) is 0 Å². The lowest BCUT2D eigenvalue weighted by atomic mass is 9.75. The zero-order valence-electron chi connectivity index (χ0n) is 19.1. The van der Waals surface area contributed by atoms with E-state index in [9.17, 15) is 24.3 Å². The van der Waals surface area contributed by atoms with Gasteiger partial charge in [-0.05, 0) is 41.0 Å². The molecule has 0 spiro atoms. The zero-order chi connectivity index (χ0) is 24.5. The summed E-state index contributed by atoms with van der Waals surface area (Å²) in [5.41, 5.74) is 6.83. The molecule has 2 unspecified atom stereocenters. The van der Waals surface area contributed by atoms with Crippen molar-refractivity contribution in [3.8, 4) is 11.1 Å². The highest BCUT2D eigenvalue weighted by atomic mass is 16.5. The van der Waals surface area contributed by atoms with Gasteiger partial charge in [-0.25, -0.2) is 14.6 Å². The van der Waals surface area contributed by atoms with Gasteiger partial charge in [0.05, 0.1) is 12.3 Å². The lowest BCUT2D eigenvalue weighted by Gasteiger charge is -2.35. The number of carboxylic acid groups (broad SMARTS) is 1. The summed E-state index contributed by atoms with van der Waals surface area (Å²) in [4.78, 5) is 49.0. The molecule has 9 heteroatoms. The molecule has 2 aromatic rings. The number of nitrogens with one attached hydrogen (secondary N) is 2. The third kappa shape index (κ3) is 4.34. The fourth-order valence-corrected chi connectivity index (χ4v) is 5.25. The molecule has 0 aromatic heterocycles. The Labute approximate surface area is 202 Å². The second-order valence-electron chi connectivity index (χ2n) is 9.31. The van der Waals surface area contributed by atoms with Crippen LogP contribution in [0.25, 0.3) is 11.1 Å². The number of hydrogen-bond donors (Lipinski definition) is 3. The van der Waals surface area contributed by atoms with E-state index in [0.29, 0.717) is 0 Å². The van der Waals surface area contributed by atoms with Gasteiger partial charge in [0.2, 0.25) is 11.8 Å². The molecule has 3 aliphatic rings. The molecule has 3 N–H and O–H groups in total. The van der Waals surface area contributed by atoms with Crippen LogP contribution in [0.5, 0.6) is 0 Å². The molecule has 5 rings (SSSR count). The Kier molecular flexibility index (Phi) is 6.15. The van der Waals surface area contributed by atoms with Gasteiger partial charge in [-0.1, -0.05) is 55.0 Å². The lowest BCUT2D eigenvalue weighted by Crippen LogP contribution is -2.53. The lowest BCUT2D eigenvalue weighted by molar-refractivity contribution is -0.154. The van der Waals surface area contributed by atoms with Gasteiger partial charge in [0.1, 0.15) is 6.61 Å². The van der Waals surface area contributed by atoms with Gasteiger partial charge in [-0.2, -0.15) is 0 Å². The van der Waals surface area contributed by atoms with Crippen molar-refractivity contribution in [3.63, 3.8) is 0 Å². The fourth-order valence-electron chi connectivity index (χ4n) is 5.25. The van der Waals surface area contributed by atoms with Crippen molar-refractivity contribution < 1.29 is 29.0 Å². The van der Waals surface area contributed by atoms with Crippen LogP contribution in [0.4, 0.5) is 4.79 Å². The van der Waals surface area contributed by atoms with E-state index in [2.05, 4.69) is 22.9 Å². The van der Waals surface area contributed by atoms with Crippen molar-refractivity contribution in [2.75, 3.05) is 13.2 Å². The number of hydrazine groups is 1. The van der Waals surface area contributed by atoms with Gasteiger partial charge in [0.15, 0.2) is 6.04 Å². The summed E-state index contributed by atoms with van der Waals surface area (Å²) >= 11 is 0. The molecule has 0 radical (unpaired) electrons. The summed E-state index contributed by atoms with van der Waals surface area (Å²) < 4.78 is 5.56. The predicted octanol–water partition coefficient (Wildman–Crippen LogP) is 2.66. The second kappa shape index (κ2) is 9.40. The normalized spacial score (nSPS) is 19.8. The molecule has 1 heterocycles. The minimum Gasteiger partial charge on any atom is -0.480 e. The van der Waals surface area contributed by atoms with E-state index in [1.54, 1.807) is 0 Å². The van der Waals surface area contributed by atoms with Crippen LogP contribution in [0.3, 0.4) is 0 Å². The van der Waals surface area contributed by atoms with E-state index >= 15 is 0 Å². The van der Waals surface area contributed by atoms with Crippen LogP contribution in [0.1, 0.15) is 42.7 Å². The number of alkyl carbamates (subject to hydrolysis) is 1. The molecule has 182 valence electrons. The molecule has 3 amide bonds. The van der Waals surface area contributed by atoms with E-state index in [-0.39, 0.29) is 31.4 Å². The molecule has 35 heavy (non-hydrogen) atoms. The number of benzene rings is 2. The Hall–Kier alpha value is -3.88. The molecule has 1 saturated heterocycles. The first-order valence-corrected chi connectivity index (χ1v) is 11.9. The average molecular weight is 478 g/mol. The van der Waals surface area contributed by atoms with Crippen LogP contribution in [0.2, 0.25) is 0 Å². The van der Waals surface area contributed by atoms with Crippen LogP contribution in [-0.2, 0) is 19.1 Å². The Morgan fingerprint density at radius 3 is 2.26 bits per heavy atom. The summed E-state index contributed by atoms with van der Waals surface area (Å²) in [6.45, 7) is 0.171. The first kappa shape index (κ1) is 22.9. The van der Waals surface area contributed by atoms with Crippen LogP contribution in [-0.4, -0.2) is 53.2 Å². The van der Waals surface area contributed by atoms with Crippen LogP contribution in [0, 0.1) is 11.8 Å². The van der Waals surface area contributed by atoms with Crippen molar-refractivity contribution in [1.82, 2.24) is 15.8 Å². The van der Waals surface area contributed by atoms with Crippen molar-refractivity contribution in [3.05, 3.63) is 59.7 Å². The van der Waals surface area contributed by atoms with Crippen molar-refractivity contribution in [1.29, 1.82) is 0 Å². The van der Waals surface area contributed by atoms with E-state index in [4.69, 9.17) is 4.74 Å². The predicted molar refractivity (Wildman–Crippen MR) is 125 cm³/mol. The molecule has 1 saturated carbocycles. The van der Waals surface area contributed by atoms with E-state index < -0.39 is 35.8 Å². The highest BCUT2D eigenvalue weighted by molar-refractivity contribution is 5.94. The molecule has 2 atom stereocenters. The highest BCUT2D eigenvalue weighted by Gasteiger charge is 2.44. The minimum absolute atomic E-state index is 0.0128. The maximum atomic E-state index is 13.2. The summed E-state index contributed by atoms with van der Waals surface area (Å²) in [5, 5.41) is 13.0. The standard InChI is InChI=1S/C26H27N3O6/c30-23-12-22(25(32)33)29(28-23)24(31)20(15-6-5-7-15)13-27-26(34)35-14-21-18-10-3-1-8-16(18)17-9-2-4-11-19(17)21/h1-4,8-11,15,20-22H,5-7,12-14H2,(H,27,34)(H,28,30)(H,32,33). The van der Waals surface area contributed by atoms with Crippen LogP contribution in [0.15, 0.2) is 48.5 Å². The van der Waals surface area contributed by atoms with Crippen molar-refractivity contribution >= 4 is 23.9 Å². The van der Waals surface area contributed by atoms with Gasteiger partial charge < -0.3 is 15.2 Å². The maximum Gasteiger partial charge on any atom is 0.407 e. The van der Waals surface area contributed by atoms with Gasteiger partial charge in [0.25, 0.3) is 0 Å². The number of amides is 3. The molecule has 2 aliphatic carbocycles. The van der Waals surface area contributed by atoms with Gasteiger partial charge >= 0.3 is 12.1 Å². The van der Waals surface area contributed by atoms with Crippen LogP contribution < -0.4 is 10.7 Å². The number of rotatable bonds is 7. The maximum absolute atomic E-state index is 13.2. The third-order valence-electron chi connectivity index (χ3n) is 7.30. The monoisotopic (exact) mass is 477 g/mol. The topological polar surface area (TPSA) is 125 Å². The van der Waals surface area contributed by atoms with Crippen molar-refractivity contribution in [2.24, 2.45) is 11.8 Å². The number of ether oxygens (including phenoxy) is 1. The first-order chi connectivity index (χ1) is 16.9. The first-order valence-electron chi connectivity index (χ1n) is 11.9. The molecule has 9 nitrogen and oxygen atoms in total. The molecule has 0 bridgehead atoms.